The summed E-state index contributed by atoms with van der Waals surface area (Å²) in [7, 11) is 1.71. The number of rotatable bonds is 10. The Morgan fingerprint density at radius 1 is 1.16 bits per heavy atom. The van der Waals surface area contributed by atoms with E-state index in [4.69, 9.17) is 4.74 Å². The Morgan fingerprint density at radius 2 is 1.89 bits per heavy atom. The van der Waals surface area contributed by atoms with Gasteiger partial charge < -0.3 is 19.9 Å². The predicted octanol–water partition coefficient (Wildman–Crippen LogP) is 5.76. The first-order chi connectivity index (χ1) is 17.9. The molecule has 1 amide bonds. The van der Waals surface area contributed by atoms with Crippen LogP contribution in [-0.4, -0.2) is 54.6 Å². The molecule has 1 saturated heterocycles. The predicted molar refractivity (Wildman–Crippen MR) is 153 cm³/mol. The lowest BCUT2D eigenvalue weighted by atomic mass is 9.99. The number of aromatic nitrogens is 1. The number of methoxy groups -OCH3 is 1. The minimum absolute atomic E-state index is 0.0583. The van der Waals surface area contributed by atoms with Crippen LogP contribution in [0.25, 0.3) is 0 Å². The van der Waals surface area contributed by atoms with Gasteiger partial charge in [-0.1, -0.05) is 0 Å². The summed E-state index contributed by atoms with van der Waals surface area (Å²) in [4.78, 5) is 23.2. The number of benzene rings is 1. The molecule has 1 aromatic carbocycles. The van der Waals surface area contributed by atoms with Crippen molar-refractivity contribution in [3.8, 4) is 5.75 Å². The summed E-state index contributed by atoms with van der Waals surface area (Å²) in [5, 5.41) is 5.20. The molecule has 1 atom stereocenters. The molecule has 1 N–H and O–H groups in total. The Labute approximate surface area is 225 Å². The molecule has 0 aliphatic carbocycles. The van der Waals surface area contributed by atoms with Crippen molar-refractivity contribution < 1.29 is 9.53 Å². The molecule has 3 aromatic rings. The Kier molecular flexibility index (Phi) is 9.22. The van der Waals surface area contributed by atoms with Gasteiger partial charge in [0.2, 0.25) is 0 Å². The Hall–Kier alpha value is -2.90. The number of nitrogens with zero attached hydrogens (tertiary/aromatic N) is 3. The molecule has 6 nitrogen and oxygen atoms in total. The van der Waals surface area contributed by atoms with Crippen molar-refractivity contribution in [2.75, 3.05) is 31.6 Å². The molecular weight excluding hydrogens is 480 g/mol. The van der Waals surface area contributed by atoms with Crippen molar-refractivity contribution in [1.82, 2.24) is 15.2 Å². The van der Waals surface area contributed by atoms with E-state index in [1.807, 2.05) is 38.4 Å². The van der Waals surface area contributed by atoms with Gasteiger partial charge in [0.15, 0.2) is 0 Å². The second kappa shape index (κ2) is 12.6. The number of aryl methyl sites for hydroxylation is 3. The Balaban J connectivity index is 1.34. The van der Waals surface area contributed by atoms with Crippen molar-refractivity contribution in [2.24, 2.45) is 0 Å². The van der Waals surface area contributed by atoms with Gasteiger partial charge in [-0.3, -0.25) is 9.78 Å². The fourth-order valence-corrected chi connectivity index (χ4v) is 6.11. The average molecular weight is 521 g/mol. The lowest BCUT2D eigenvalue weighted by Crippen LogP contribution is -2.48. The maximum atomic E-state index is 12.6. The van der Waals surface area contributed by atoms with E-state index in [1.165, 1.54) is 16.8 Å². The number of hydrogen-bond acceptors (Lipinski definition) is 6. The molecule has 1 aliphatic rings. The van der Waals surface area contributed by atoms with E-state index in [-0.39, 0.29) is 5.91 Å². The van der Waals surface area contributed by atoms with Gasteiger partial charge >= 0.3 is 0 Å². The first kappa shape index (κ1) is 27.1. The molecular formula is C30H40N4O2S. The smallest absolute Gasteiger partial charge is 0.252 e. The third-order valence-electron chi connectivity index (χ3n) is 7.69. The maximum absolute atomic E-state index is 12.6. The van der Waals surface area contributed by atoms with Crippen LogP contribution in [0.15, 0.2) is 48.1 Å². The zero-order valence-corrected chi connectivity index (χ0v) is 23.6. The quantitative estimate of drug-likeness (QED) is 0.369. The summed E-state index contributed by atoms with van der Waals surface area (Å²) < 4.78 is 5.39. The van der Waals surface area contributed by atoms with Crippen molar-refractivity contribution in [1.29, 1.82) is 0 Å². The summed E-state index contributed by atoms with van der Waals surface area (Å²) in [5.41, 5.74) is 5.67. The van der Waals surface area contributed by atoms with Crippen molar-refractivity contribution >= 4 is 22.9 Å². The first-order valence-corrected chi connectivity index (χ1v) is 14.1. The highest BCUT2D eigenvalue weighted by Crippen LogP contribution is 2.29. The first-order valence-electron chi connectivity index (χ1n) is 13.2. The summed E-state index contributed by atoms with van der Waals surface area (Å²) in [6.45, 7) is 12.1. The molecule has 198 valence electrons. The average Bonchev–Trinajstić information content (AvgIpc) is 3.26. The number of carbonyl (C=O) groups is 1. The second-order valence-corrected chi connectivity index (χ2v) is 11.2. The molecule has 0 unspecified atom stereocenters. The number of thiophene rings is 1. The highest BCUT2D eigenvalue weighted by Gasteiger charge is 2.27. The molecule has 0 radical (unpaired) electrons. The van der Waals surface area contributed by atoms with E-state index in [0.717, 1.165) is 60.7 Å². The lowest BCUT2D eigenvalue weighted by Gasteiger charge is -2.42. The van der Waals surface area contributed by atoms with Crippen LogP contribution in [0, 0.1) is 20.8 Å². The van der Waals surface area contributed by atoms with Crippen LogP contribution in [-0.2, 0) is 6.54 Å². The van der Waals surface area contributed by atoms with Crippen LogP contribution in [0.2, 0.25) is 0 Å². The summed E-state index contributed by atoms with van der Waals surface area (Å²) in [6, 6.07) is 11.4. The summed E-state index contributed by atoms with van der Waals surface area (Å²) in [6.07, 6.45) is 7.03. The molecule has 1 aliphatic heterocycles. The van der Waals surface area contributed by atoms with E-state index in [2.05, 4.69) is 57.5 Å². The zero-order chi connectivity index (χ0) is 26.4. The molecule has 0 spiro atoms. The number of anilines is 1. The van der Waals surface area contributed by atoms with Gasteiger partial charge in [0.05, 0.1) is 12.7 Å². The van der Waals surface area contributed by atoms with Crippen molar-refractivity contribution in [2.45, 2.75) is 65.6 Å². The third-order valence-corrected chi connectivity index (χ3v) is 8.72. The number of hydrogen-bond donors (Lipinski definition) is 1. The van der Waals surface area contributed by atoms with Gasteiger partial charge in [-0.05, 0) is 99.4 Å². The van der Waals surface area contributed by atoms with E-state index in [1.54, 1.807) is 18.4 Å². The molecule has 7 heteroatoms. The second-order valence-electron chi connectivity index (χ2n) is 10.1. The Bertz CT molecular complexity index is 1150. The van der Waals surface area contributed by atoms with E-state index in [9.17, 15) is 4.79 Å². The maximum Gasteiger partial charge on any atom is 0.252 e. The third kappa shape index (κ3) is 6.70. The minimum atomic E-state index is 0.0583. The van der Waals surface area contributed by atoms with Crippen LogP contribution in [0.4, 0.5) is 5.69 Å². The topological polar surface area (TPSA) is 57.7 Å². The molecule has 4 rings (SSSR count). The highest BCUT2D eigenvalue weighted by molar-refractivity contribution is 7.10. The van der Waals surface area contributed by atoms with Gasteiger partial charge in [0.25, 0.3) is 5.91 Å². The van der Waals surface area contributed by atoms with Gasteiger partial charge in [-0.15, -0.1) is 11.3 Å². The van der Waals surface area contributed by atoms with Crippen molar-refractivity contribution in [3.05, 3.63) is 75.2 Å². The largest absolute Gasteiger partial charge is 0.497 e. The van der Waals surface area contributed by atoms with Gasteiger partial charge in [-0.25, -0.2) is 0 Å². The summed E-state index contributed by atoms with van der Waals surface area (Å²) in [5.74, 6) is 0.935. The lowest BCUT2D eigenvalue weighted by molar-refractivity contribution is 0.0944. The number of amides is 1. The number of piperidine rings is 1. The van der Waals surface area contributed by atoms with Gasteiger partial charge in [-0.2, -0.15) is 0 Å². The minimum Gasteiger partial charge on any atom is -0.497 e. The Morgan fingerprint density at radius 3 is 2.51 bits per heavy atom. The van der Waals surface area contributed by atoms with Crippen LogP contribution in [0.3, 0.4) is 0 Å². The van der Waals surface area contributed by atoms with Crippen LogP contribution >= 0.6 is 11.3 Å². The number of carbonyl (C=O) groups excluding carboxylic acids is 1. The molecule has 3 heterocycles. The standard InChI is InChI=1S/C30H40N4O2S/c1-21-10-14-31-18-25(21)19-34(26-6-8-28(36-5)9-7-26)27-12-16-33(17-13-27)23(3)11-15-32-30(35)29-22(2)20-37-24(29)4/h6-10,14,18,20,23,27H,11-13,15-17,19H2,1-5H3,(H,32,35)/t23-/m1/s1. The normalized spacial score (nSPS) is 15.4. The van der Waals surface area contributed by atoms with Gasteiger partial charge in [0, 0.05) is 61.2 Å². The molecule has 0 bridgehead atoms. The molecule has 0 saturated carbocycles. The number of likely N-dealkylation sites (tertiary alicyclic amines) is 1. The van der Waals surface area contributed by atoms with Crippen LogP contribution in [0.1, 0.15) is 58.1 Å². The van der Waals surface area contributed by atoms with Crippen molar-refractivity contribution in [3.63, 3.8) is 0 Å². The highest BCUT2D eigenvalue weighted by atomic mass is 32.1. The number of pyridine rings is 1. The number of ether oxygens (including phenoxy) is 1. The summed E-state index contributed by atoms with van der Waals surface area (Å²) >= 11 is 1.64. The van der Waals surface area contributed by atoms with E-state index < -0.39 is 0 Å². The number of nitrogens with one attached hydrogen (secondary N) is 1. The molecule has 2 aromatic heterocycles. The zero-order valence-electron chi connectivity index (χ0n) is 22.8. The van der Waals surface area contributed by atoms with Gasteiger partial charge in [0.1, 0.15) is 5.75 Å². The molecule has 1 fully saturated rings. The van der Waals surface area contributed by atoms with E-state index in [0.29, 0.717) is 18.6 Å². The van der Waals surface area contributed by atoms with Crippen LogP contribution in [0.5, 0.6) is 5.75 Å². The molecule has 37 heavy (non-hydrogen) atoms. The SMILES string of the molecule is COc1ccc(N(Cc2cnccc2C)C2CCN([C@H](C)CCNC(=O)c3c(C)csc3C)CC2)cc1. The monoisotopic (exact) mass is 520 g/mol. The fraction of sp³-hybridized carbons (Fsp3) is 0.467. The van der Waals surface area contributed by atoms with Crippen LogP contribution < -0.4 is 15.0 Å². The van der Waals surface area contributed by atoms with E-state index >= 15 is 0 Å². The fourth-order valence-electron chi connectivity index (χ4n) is 5.27.